The highest BCUT2D eigenvalue weighted by Crippen LogP contribution is 2.34. The van der Waals surface area contributed by atoms with Gasteiger partial charge in [-0.3, -0.25) is 0 Å². The summed E-state index contributed by atoms with van der Waals surface area (Å²) in [6.45, 7) is 9.46. The predicted molar refractivity (Wildman–Crippen MR) is 65.7 cm³/mol. The molecule has 2 aliphatic rings. The van der Waals surface area contributed by atoms with E-state index in [2.05, 4.69) is 37.8 Å². The standard InChI is InChI=1S/C14H23N/c1-12-9-13(11-14(2,3)10-12)15-7-5-4-6-8-15/h9,11H,4-8,10H2,1-3H3. The molecule has 2 rings (SSSR count). The fourth-order valence-corrected chi connectivity index (χ4v) is 2.85. The average molecular weight is 205 g/mol. The number of hydrogen-bond acceptors (Lipinski definition) is 1. The van der Waals surface area contributed by atoms with Gasteiger partial charge in [0, 0.05) is 18.8 Å². The quantitative estimate of drug-likeness (QED) is 0.630. The van der Waals surface area contributed by atoms with E-state index in [1.165, 1.54) is 50.0 Å². The van der Waals surface area contributed by atoms with Crippen LogP contribution in [0.1, 0.15) is 46.5 Å². The second-order valence-corrected chi connectivity index (χ2v) is 5.77. The van der Waals surface area contributed by atoms with Crippen molar-refractivity contribution in [3.05, 3.63) is 23.4 Å². The topological polar surface area (TPSA) is 3.24 Å². The van der Waals surface area contributed by atoms with Gasteiger partial charge in [0.1, 0.15) is 0 Å². The van der Waals surface area contributed by atoms with Gasteiger partial charge >= 0.3 is 0 Å². The summed E-state index contributed by atoms with van der Waals surface area (Å²) < 4.78 is 0. The summed E-state index contributed by atoms with van der Waals surface area (Å²) in [5.41, 5.74) is 3.36. The Hall–Kier alpha value is -0.720. The minimum atomic E-state index is 0.353. The Kier molecular flexibility index (Phi) is 2.90. The van der Waals surface area contributed by atoms with E-state index in [9.17, 15) is 0 Å². The number of rotatable bonds is 1. The fourth-order valence-electron chi connectivity index (χ4n) is 2.85. The zero-order chi connectivity index (χ0) is 10.9. The van der Waals surface area contributed by atoms with Crippen molar-refractivity contribution >= 4 is 0 Å². The molecule has 0 unspecified atom stereocenters. The average Bonchev–Trinajstić information content (AvgIpc) is 2.16. The maximum atomic E-state index is 2.56. The molecule has 1 heterocycles. The molecule has 1 aliphatic heterocycles. The molecule has 0 saturated carbocycles. The lowest BCUT2D eigenvalue weighted by Gasteiger charge is -2.35. The summed E-state index contributed by atoms with van der Waals surface area (Å²) in [5.74, 6) is 0. The van der Waals surface area contributed by atoms with Crippen molar-refractivity contribution in [3.63, 3.8) is 0 Å². The van der Waals surface area contributed by atoms with Crippen molar-refractivity contribution in [2.24, 2.45) is 5.41 Å². The zero-order valence-electron chi connectivity index (χ0n) is 10.3. The van der Waals surface area contributed by atoms with Crippen LogP contribution in [0.25, 0.3) is 0 Å². The molecule has 84 valence electrons. The first-order valence-corrected chi connectivity index (χ1v) is 6.22. The number of allylic oxidation sites excluding steroid dienone is 3. The van der Waals surface area contributed by atoms with Gasteiger partial charge in [-0.1, -0.05) is 25.5 Å². The lowest BCUT2D eigenvalue weighted by atomic mass is 9.81. The summed E-state index contributed by atoms with van der Waals surface area (Å²) in [5, 5.41) is 0. The van der Waals surface area contributed by atoms with Crippen LogP contribution in [-0.4, -0.2) is 18.0 Å². The highest BCUT2D eigenvalue weighted by Gasteiger charge is 2.23. The van der Waals surface area contributed by atoms with Crippen molar-refractivity contribution in [1.82, 2.24) is 4.90 Å². The largest absolute Gasteiger partial charge is 0.372 e. The molecule has 0 atom stereocenters. The second-order valence-electron chi connectivity index (χ2n) is 5.77. The van der Waals surface area contributed by atoms with Crippen LogP contribution in [0.4, 0.5) is 0 Å². The van der Waals surface area contributed by atoms with Gasteiger partial charge in [0.05, 0.1) is 0 Å². The van der Waals surface area contributed by atoms with Gasteiger partial charge in [-0.25, -0.2) is 0 Å². The molecule has 1 heteroatoms. The molecule has 0 bridgehead atoms. The lowest BCUT2D eigenvalue weighted by Crippen LogP contribution is -2.30. The fraction of sp³-hybridized carbons (Fsp3) is 0.714. The molecule has 0 N–H and O–H groups in total. The Balaban J connectivity index is 2.16. The van der Waals surface area contributed by atoms with E-state index in [-0.39, 0.29) is 0 Å². The maximum absolute atomic E-state index is 2.56. The highest BCUT2D eigenvalue weighted by molar-refractivity contribution is 5.30. The van der Waals surface area contributed by atoms with Crippen LogP contribution in [0.3, 0.4) is 0 Å². The van der Waals surface area contributed by atoms with E-state index in [1.807, 2.05) is 0 Å². The minimum Gasteiger partial charge on any atom is -0.372 e. The Morgan fingerprint density at radius 2 is 1.80 bits per heavy atom. The Morgan fingerprint density at radius 3 is 2.40 bits per heavy atom. The van der Waals surface area contributed by atoms with Crippen LogP contribution >= 0.6 is 0 Å². The SMILES string of the molecule is CC1=CC(N2CCCCC2)=CC(C)(C)C1. The smallest absolute Gasteiger partial charge is 0.0330 e. The van der Waals surface area contributed by atoms with Crippen LogP contribution in [0.15, 0.2) is 23.4 Å². The van der Waals surface area contributed by atoms with Gasteiger partial charge in [-0.15, -0.1) is 0 Å². The van der Waals surface area contributed by atoms with Crippen molar-refractivity contribution in [3.8, 4) is 0 Å². The van der Waals surface area contributed by atoms with E-state index in [0.29, 0.717) is 5.41 Å². The summed E-state index contributed by atoms with van der Waals surface area (Å²) >= 11 is 0. The van der Waals surface area contributed by atoms with Gasteiger partial charge in [0.2, 0.25) is 0 Å². The van der Waals surface area contributed by atoms with E-state index in [0.717, 1.165) is 0 Å². The Labute approximate surface area is 93.9 Å². The van der Waals surface area contributed by atoms with Crippen LogP contribution < -0.4 is 0 Å². The number of hydrogen-bond donors (Lipinski definition) is 0. The third-order valence-corrected chi connectivity index (χ3v) is 3.39. The summed E-state index contributed by atoms with van der Waals surface area (Å²) in [4.78, 5) is 2.56. The van der Waals surface area contributed by atoms with Crippen LogP contribution in [0.2, 0.25) is 0 Å². The predicted octanol–water partition coefficient (Wildman–Crippen LogP) is 3.73. The second kappa shape index (κ2) is 4.03. The molecule has 1 fully saturated rings. The van der Waals surface area contributed by atoms with Crippen molar-refractivity contribution < 1.29 is 0 Å². The van der Waals surface area contributed by atoms with E-state index in [1.54, 1.807) is 0 Å². The highest BCUT2D eigenvalue weighted by atomic mass is 15.1. The minimum absolute atomic E-state index is 0.353. The zero-order valence-corrected chi connectivity index (χ0v) is 10.3. The van der Waals surface area contributed by atoms with E-state index in [4.69, 9.17) is 0 Å². The normalized spacial score (nSPS) is 25.9. The van der Waals surface area contributed by atoms with Gasteiger partial charge in [0.25, 0.3) is 0 Å². The summed E-state index contributed by atoms with van der Waals surface area (Å²) in [6, 6.07) is 0. The van der Waals surface area contributed by atoms with E-state index < -0.39 is 0 Å². The third kappa shape index (κ3) is 2.64. The van der Waals surface area contributed by atoms with Crippen LogP contribution in [0, 0.1) is 5.41 Å². The van der Waals surface area contributed by atoms with Crippen LogP contribution in [-0.2, 0) is 0 Å². The number of nitrogens with zero attached hydrogens (tertiary/aromatic N) is 1. The number of piperidine rings is 1. The lowest BCUT2D eigenvalue weighted by molar-refractivity contribution is 0.283. The molecule has 1 nitrogen and oxygen atoms in total. The molecule has 0 amide bonds. The molecule has 0 aromatic carbocycles. The van der Waals surface area contributed by atoms with Gasteiger partial charge in [0.15, 0.2) is 0 Å². The van der Waals surface area contributed by atoms with Crippen molar-refractivity contribution in [2.45, 2.75) is 46.5 Å². The number of likely N-dealkylation sites (tertiary alicyclic amines) is 1. The Bertz CT molecular complexity index is 290. The molecular formula is C14H23N. The van der Waals surface area contributed by atoms with E-state index >= 15 is 0 Å². The van der Waals surface area contributed by atoms with Gasteiger partial charge in [-0.2, -0.15) is 0 Å². The van der Waals surface area contributed by atoms with Crippen molar-refractivity contribution in [1.29, 1.82) is 0 Å². The molecule has 0 aromatic heterocycles. The van der Waals surface area contributed by atoms with Crippen molar-refractivity contribution in [2.75, 3.05) is 13.1 Å². The summed E-state index contributed by atoms with van der Waals surface area (Å²) in [7, 11) is 0. The molecule has 0 spiro atoms. The molecule has 0 radical (unpaired) electrons. The van der Waals surface area contributed by atoms with Gasteiger partial charge < -0.3 is 4.90 Å². The first-order chi connectivity index (χ1) is 7.07. The molecule has 1 aliphatic carbocycles. The monoisotopic (exact) mass is 205 g/mol. The Morgan fingerprint density at radius 1 is 1.13 bits per heavy atom. The molecule has 15 heavy (non-hydrogen) atoms. The maximum Gasteiger partial charge on any atom is 0.0330 e. The first-order valence-electron chi connectivity index (χ1n) is 6.22. The molecule has 1 saturated heterocycles. The summed E-state index contributed by atoms with van der Waals surface area (Å²) in [6.07, 6.45) is 10.2. The first kappa shape index (κ1) is 10.8. The van der Waals surface area contributed by atoms with Gasteiger partial charge in [-0.05, 0) is 44.1 Å². The van der Waals surface area contributed by atoms with Crippen LogP contribution in [0.5, 0.6) is 0 Å². The molecular weight excluding hydrogens is 182 g/mol. The molecule has 0 aromatic rings. The third-order valence-electron chi connectivity index (χ3n) is 3.39.